The smallest absolute Gasteiger partial charge is 0.319 e. The summed E-state index contributed by atoms with van der Waals surface area (Å²) in [6.45, 7) is 4.36. The number of benzene rings is 2. The molecule has 6 nitrogen and oxygen atoms in total. The zero-order chi connectivity index (χ0) is 19.4. The number of aliphatic hydroxyl groups is 1. The molecule has 1 aliphatic heterocycles. The van der Waals surface area contributed by atoms with E-state index in [1.165, 1.54) is 5.56 Å². The number of amides is 3. The van der Waals surface area contributed by atoms with E-state index in [0.29, 0.717) is 17.8 Å². The van der Waals surface area contributed by atoms with E-state index in [1.807, 2.05) is 38.1 Å². The summed E-state index contributed by atoms with van der Waals surface area (Å²) in [5.74, 6) is -0.120. The molecule has 3 N–H and O–H groups in total. The fraction of sp³-hybridized carbons (Fsp3) is 0.333. The Kier molecular flexibility index (Phi) is 5.76. The number of nitrogens with one attached hydrogen (secondary N) is 2. The maximum absolute atomic E-state index is 12.9. The minimum atomic E-state index is -0.362. The van der Waals surface area contributed by atoms with Crippen LogP contribution in [0.5, 0.6) is 0 Å². The van der Waals surface area contributed by atoms with Crippen molar-refractivity contribution in [2.75, 3.05) is 23.4 Å². The molecule has 6 heteroatoms. The zero-order valence-corrected chi connectivity index (χ0v) is 15.6. The lowest BCUT2D eigenvalue weighted by Crippen LogP contribution is -2.40. The molecule has 0 bridgehead atoms. The van der Waals surface area contributed by atoms with Crippen LogP contribution in [0.15, 0.2) is 48.5 Å². The lowest BCUT2D eigenvalue weighted by Gasteiger charge is -2.20. The van der Waals surface area contributed by atoms with E-state index < -0.39 is 0 Å². The van der Waals surface area contributed by atoms with Gasteiger partial charge < -0.3 is 20.6 Å². The average molecular weight is 367 g/mol. The number of hydrogen-bond donors (Lipinski definition) is 3. The first-order valence-electron chi connectivity index (χ1n) is 9.18. The SMILES string of the molecule is C[C@H](CO)[C@@H](C)NC(=O)Nc1cccc(C(=O)N2CCc3ccccc32)c1. The molecule has 1 aliphatic rings. The molecule has 0 spiro atoms. The molecular formula is C21H25N3O3. The van der Waals surface area contributed by atoms with Gasteiger partial charge in [-0.3, -0.25) is 4.79 Å². The molecule has 0 saturated heterocycles. The largest absolute Gasteiger partial charge is 0.396 e. The maximum Gasteiger partial charge on any atom is 0.319 e. The second-order valence-electron chi connectivity index (χ2n) is 6.96. The second-order valence-corrected chi connectivity index (χ2v) is 6.96. The number of para-hydroxylation sites is 1. The van der Waals surface area contributed by atoms with Gasteiger partial charge in [0.05, 0.1) is 0 Å². The summed E-state index contributed by atoms with van der Waals surface area (Å²) in [5, 5.41) is 14.7. The summed E-state index contributed by atoms with van der Waals surface area (Å²) in [5.41, 5.74) is 3.20. The van der Waals surface area contributed by atoms with E-state index >= 15 is 0 Å². The van der Waals surface area contributed by atoms with Crippen LogP contribution < -0.4 is 15.5 Å². The number of nitrogens with zero attached hydrogens (tertiary/aromatic N) is 1. The number of carbonyl (C=O) groups is 2. The molecule has 0 radical (unpaired) electrons. The van der Waals surface area contributed by atoms with Crippen molar-refractivity contribution in [2.45, 2.75) is 26.3 Å². The van der Waals surface area contributed by atoms with E-state index in [2.05, 4.69) is 10.6 Å². The fourth-order valence-corrected chi connectivity index (χ4v) is 3.11. The molecule has 3 rings (SSSR count). The monoisotopic (exact) mass is 367 g/mol. The molecule has 0 aliphatic carbocycles. The van der Waals surface area contributed by atoms with Crippen LogP contribution in [0.3, 0.4) is 0 Å². The van der Waals surface area contributed by atoms with Crippen molar-refractivity contribution < 1.29 is 14.7 Å². The Labute approximate surface area is 159 Å². The third-order valence-electron chi connectivity index (χ3n) is 5.00. The Bertz CT molecular complexity index is 837. The summed E-state index contributed by atoms with van der Waals surface area (Å²) in [6, 6.07) is 14.3. The lowest BCUT2D eigenvalue weighted by atomic mass is 10.1. The van der Waals surface area contributed by atoms with Crippen LogP contribution in [0.2, 0.25) is 0 Å². The Hall–Kier alpha value is -2.86. The minimum Gasteiger partial charge on any atom is -0.396 e. The highest BCUT2D eigenvalue weighted by Gasteiger charge is 2.25. The summed E-state index contributed by atoms with van der Waals surface area (Å²) in [4.78, 5) is 26.8. The second kappa shape index (κ2) is 8.22. The van der Waals surface area contributed by atoms with E-state index in [9.17, 15) is 9.59 Å². The van der Waals surface area contributed by atoms with Gasteiger partial charge in [-0.15, -0.1) is 0 Å². The molecule has 0 fully saturated rings. The summed E-state index contributed by atoms with van der Waals surface area (Å²) in [6.07, 6.45) is 0.850. The van der Waals surface area contributed by atoms with Crippen LogP contribution in [0.1, 0.15) is 29.8 Å². The standard InChI is InChI=1S/C21H25N3O3/c1-14(13-25)15(2)22-21(27)23-18-8-5-7-17(12-18)20(26)24-11-10-16-6-3-4-9-19(16)24/h3-9,12,14-15,25H,10-11,13H2,1-2H3,(H2,22,23,27)/t14-,15-/m1/s1. The number of rotatable bonds is 5. The van der Waals surface area contributed by atoms with Crippen LogP contribution in [0.25, 0.3) is 0 Å². The number of hydrogen-bond acceptors (Lipinski definition) is 3. The molecule has 2 aromatic carbocycles. The molecule has 142 valence electrons. The predicted octanol–water partition coefficient (Wildman–Crippen LogP) is 3.03. The van der Waals surface area contributed by atoms with Gasteiger partial charge in [0.1, 0.15) is 0 Å². The maximum atomic E-state index is 12.9. The third kappa shape index (κ3) is 4.28. The van der Waals surface area contributed by atoms with Gasteiger partial charge in [0, 0.05) is 36.1 Å². The van der Waals surface area contributed by atoms with Crippen LogP contribution in [0.4, 0.5) is 16.2 Å². The third-order valence-corrected chi connectivity index (χ3v) is 5.00. The van der Waals surface area contributed by atoms with Crippen molar-refractivity contribution in [2.24, 2.45) is 5.92 Å². The Morgan fingerprint density at radius 1 is 1.15 bits per heavy atom. The molecule has 2 atom stereocenters. The molecule has 0 aromatic heterocycles. The molecule has 2 aromatic rings. The fourth-order valence-electron chi connectivity index (χ4n) is 3.11. The zero-order valence-electron chi connectivity index (χ0n) is 15.6. The molecule has 0 unspecified atom stereocenters. The van der Waals surface area contributed by atoms with E-state index in [0.717, 1.165) is 12.1 Å². The van der Waals surface area contributed by atoms with Gasteiger partial charge in [-0.1, -0.05) is 31.2 Å². The lowest BCUT2D eigenvalue weighted by molar-refractivity contribution is 0.0989. The average Bonchev–Trinajstić information content (AvgIpc) is 3.10. The first-order valence-corrected chi connectivity index (χ1v) is 9.18. The van der Waals surface area contributed by atoms with Crippen LogP contribution in [0, 0.1) is 5.92 Å². The van der Waals surface area contributed by atoms with Crippen molar-refractivity contribution in [3.05, 3.63) is 59.7 Å². The van der Waals surface area contributed by atoms with E-state index in [1.54, 1.807) is 29.2 Å². The summed E-state index contributed by atoms with van der Waals surface area (Å²) < 4.78 is 0. The van der Waals surface area contributed by atoms with E-state index in [-0.39, 0.29) is 30.5 Å². The first kappa shape index (κ1) is 18.9. The Balaban J connectivity index is 1.69. The molecule has 3 amide bonds. The number of carbonyl (C=O) groups excluding carboxylic acids is 2. The number of anilines is 2. The summed E-state index contributed by atoms with van der Waals surface area (Å²) >= 11 is 0. The molecular weight excluding hydrogens is 342 g/mol. The molecule has 27 heavy (non-hydrogen) atoms. The van der Waals surface area contributed by atoms with Gasteiger partial charge in [0.15, 0.2) is 0 Å². The Morgan fingerprint density at radius 3 is 2.70 bits per heavy atom. The topological polar surface area (TPSA) is 81.7 Å². The normalized spacial score (nSPS) is 15.0. The molecule has 1 heterocycles. The van der Waals surface area contributed by atoms with E-state index in [4.69, 9.17) is 5.11 Å². The van der Waals surface area contributed by atoms with Gasteiger partial charge >= 0.3 is 6.03 Å². The van der Waals surface area contributed by atoms with Crippen molar-refractivity contribution >= 4 is 23.3 Å². The quantitative estimate of drug-likeness (QED) is 0.760. The highest BCUT2D eigenvalue weighted by Crippen LogP contribution is 2.29. The predicted molar refractivity (Wildman–Crippen MR) is 106 cm³/mol. The van der Waals surface area contributed by atoms with Crippen LogP contribution in [-0.4, -0.2) is 36.2 Å². The van der Waals surface area contributed by atoms with Crippen molar-refractivity contribution in [3.8, 4) is 0 Å². The van der Waals surface area contributed by atoms with Gasteiger partial charge in [-0.25, -0.2) is 4.79 Å². The highest BCUT2D eigenvalue weighted by atomic mass is 16.3. The number of fused-ring (bicyclic) bond motifs is 1. The highest BCUT2D eigenvalue weighted by molar-refractivity contribution is 6.08. The summed E-state index contributed by atoms with van der Waals surface area (Å²) in [7, 11) is 0. The molecule has 0 saturated carbocycles. The minimum absolute atomic E-state index is 0.00272. The Morgan fingerprint density at radius 2 is 1.93 bits per heavy atom. The van der Waals surface area contributed by atoms with Crippen molar-refractivity contribution in [1.29, 1.82) is 0 Å². The number of urea groups is 1. The van der Waals surface area contributed by atoms with Gasteiger partial charge in [-0.2, -0.15) is 0 Å². The van der Waals surface area contributed by atoms with Crippen molar-refractivity contribution in [1.82, 2.24) is 5.32 Å². The van der Waals surface area contributed by atoms with Gasteiger partial charge in [-0.05, 0) is 49.1 Å². The van der Waals surface area contributed by atoms with Crippen LogP contribution >= 0.6 is 0 Å². The first-order chi connectivity index (χ1) is 13.0. The van der Waals surface area contributed by atoms with Crippen LogP contribution in [-0.2, 0) is 6.42 Å². The van der Waals surface area contributed by atoms with Gasteiger partial charge in [0.25, 0.3) is 5.91 Å². The number of aliphatic hydroxyl groups excluding tert-OH is 1. The van der Waals surface area contributed by atoms with Crippen molar-refractivity contribution in [3.63, 3.8) is 0 Å². The van der Waals surface area contributed by atoms with Gasteiger partial charge in [0.2, 0.25) is 0 Å².